The molecule has 0 aromatic carbocycles. The molecule has 0 atom stereocenters. The van der Waals surface area contributed by atoms with Crippen molar-refractivity contribution in [3.05, 3.63) is 11.9 Å². The number of rotatable bonds is 4. The molecule has 62 valence electrons. The van der Waals surface area contributed by atoms with Crippen LogP contribution in [0.5, 0.6) is 0 Å². The molecule has 0 saturated heterocycles. The first-order valence-electron chi connectivity index (χ1n) is 3.84. The van der Waals surface area contributed by atoms with Gasteiger partial charge in [0.2, 0.25) is 0 Å². The van der Waals surface area contributed by atoms with Gasteiger partial charge in [-0.05, 0) is 12.5 Å². The highest BCUT2D eigenvalue weighted by Crippen LogP contribution is 1.90. The van der Waals surface area contributed by atoms with Crippen LogP contribution >= 0.6 is 0 Å². The number of H-pyrrole nitrogens is 1. The van der Waals surface area contributed by atoms with E-state index in [-0.39, 0.29) is 0 Å². The summed E-state index contributed by atoms with van der Waals surface area (Å²) in [6.45, 7) is 6.21. The summed E-state index contributed by atoms with van der Waals surface area (Å²) < 4.78 is 0. The van der Waals surface area contributed by atoms with Crippen LogP contribution in [0, 0.1) is 5.92 Å². The minimum absolute atomic E-state index is 0.686. The van der Waals surface area contributed by atoms with Crippen molar-refractivity contribution in [1.29, 1.82) is 0 Å². The van der Waals surface area contributed by atoms with Crippen molar-refractivity contribution in [1.82, 2.24) is 20.7 Å². The second-order valence-corrected chi connectivity index (χ2v) is 3.01. The number of hydrogen-bond donors (Lipinski definition) is 2. The first-order valence-corrected chi connectivity index (χ1v) is 3.84. The number of nitrogens with zero attached hydrogens (tertiary/aromatic N) is 2. The van der Waals surface area contributed by atoms with Crippen LogP contribution in [0.15, 0.2) is 6.20 Å². The van der Waals surface area contributed by atoms with Gasteiger partial charge in [-0.25, -0.2) is 0 Å². The molecule has 4 nitrogen and oxygen atoms in total. The quantitative estimate of drug-likeness (QED) is 0.666. The molecule has 1 rings (SSSR count). The average Bonchev–Trinajstić information content (AvgIpc) is 2.39. The van der Waals surface area contributed by atoms with Gasteiger partial charge >= 0.3 is 0 Å². The maximum absolute atomic E-state index is 3.67. The molecular formula is C7H14N4. The van der Waals surface area contributed by atoms with Gasteiger partial charge in [-0.1, -0.05) is 19.1 Å². The zero-order valence-corrected chi connectivity index (χ0v) is 6.96. The summed E-state index contributed by atoms with van der Waals surface area (Å²) in [6, 6.07) is 0. The fourth-order valence-corrected chi connectivity index (χ4v) is 0.801. The van der Waals surface area contributed by atoms with E-state index in [0.717, 1.165) is 18.8 Å². The Kier molecular flexibility index (Phi) is 3.04. The summed E-state index contributed by atoms with van der Waals surface area (Å²) in [4.78, 5) is 0. The fourth-order valence-electron chi connectivity index (χ4n) is 0.801. The van der Waals surface area contributed by atoms with E-state index in [1.165, 1.54) is 0 Å². The predicted molar refractivity (Wildman–Crippen MR) is 42.9 cm³/mol. The fraction of sp³-hybridized carbons (Fsp3) is 0.714. The third-order valence-electron chi connectivity index (χ3n) is 1.33. The lowest BCUT2D eigenvalue weighted by molar-refractivity contribution is 0.548. The van der Waals surface area contributed by atoms with Gasteiger partial charge in [0, 0.05) is 6.54 Å². The zero-order valence-electron chi connectivity index (χ0n) is 6.96. The van der Waals surface area contributed by atoms with Gasteiger partial charge in [0.1, 0.15) is 0 Å². The number of aromatic nitrogens is 3. The molecule has 0 aliphatic heterocycles. The van der Waals surface area contributed by atoms with Crippen LogP contribution in [0.1, 0.15) is 19.5 Å². The summed E-state index contributed by atoms with van der Waals surface area (Å²) in [5.74, 6) is 0.686. The van der Waals surface area contributed by atoms with Crippen LogP contribution in [0.4, 0.5) is 0 Å². The van der Waals surface area contributed by atoms with Crippen LogP contribution in [0.2, 0.25) is 0 Å². The van der Waals surface area contributed by atoms with E-state index in [2.05, 4.69) is 34.6 Å². The lowest BCUT2D eigenvalue weighted by Crippen LogP contribution is -2.19. The van der Waals surface area contributed by atoms with Crippen molar-refractivity contribution in [2.24, 2.45) is 5.92 Å². The molecule has 0 fully saturated rings. The first kappa shape index (κ1) is 8.20. The molecule has 0 spiro atoms. The Morgan fingerprint density at radius 2 is 2.45 bits per heavy atom. The van der Waals surface area contributed by atoms with Gasteiger partial charge in [0.05, 0.1) is 11.9 Å². The van der Waals surface area contributed by atoms with Gasteiger partial charge in [0.25, 0.3) is 0 Å². The maximum atomic E-state index is 3.67. The Morgan fingerprint density at radius 3 is 3.00 bits per heavy atom. The molecule has 11 heavy (non-hydrogen) atoms. The van der Waals surface area contributed by atoms with Crippen molar-refractivity contribution in [3.8, 4) is 0 Å². The molecule has 0 aliphatic rings. The summed E-state index contributed by atoms with van der Waals surface area (Å²) in [6.07, 6.45) is 1.73. The Hall–Kier alpha value is -0.900. The van der Waals surface area contributed by atoms with E-state index in [4.69, 9.17) is 0 Å². The SMILES string of the molecule is CC(C)CNCc1cnn[nH]1. The van der Waals surface area contributed by atoms with Gasteiger partial charge < -0.3 is 5.32 Å². The summed E-state index contributed by atoms with van der Waals surface area (Å²) in [5.41, 5.74) is 1.03. The molecule has 0 radical (unpaired) electrons. The molecule has 0 unspecified atom stereocenters. The molecule has 1 aromatic heterocycles. The second-order valence-electron chi connectivity index (χ2n) is 3.01. The average molecular weight is 154 g/mol. The summed E-state index contributed by atoms with van der Waals surface area (Å²) in [7, 11) is 0. The standard InChI is InChI=1S/C7H14N4/c1-6(2)3-8-4-7-5-9-11-10-7/h5-6,8H,3-4H2,1-2H3,(H,9,10,11). The third-order valence-corrected chi connectivity index (χ3v) is 1.33. The largest absolute Gasteiger partial charge is 0.311 e. The Morgan fingerprint density at radius 1 is 1.64 bits per heavy atom. The molecule has 0 bridgehead atoms. The van der Waals surface area contributed by atoms with Crippen molar-refractivity contribution >= 4 is 0 Å². The number of nitrogens with one attached hydrogen (secondary N) is 2. The van der Waals surface area contributed by atoms with Gasteiger partial charge in [-0.15, -0.1) is 5.10 Å². The van der Waals surface area contributed by atoms with E-state index in [1.807, 2.05) is 0 Å². The summed E-state index contributed by atoms with van der Waals surface area (Å²) >= 11 is 0. The van der Waals surface area contributed by atoms with Crippen LogP contribution in [-0.2, 0) is 6.54 Å². The van der Waals surface area contributed by atoms with E-state index in [1.54, 1.807) is 6.20 Å². The van der Waals surface area contributed by atoms with E-state index < -0.39 is 0 Å². The Balaban J connectivity index is 2.14. The van der Waals surface area contributed by atoms with Crippen molar-refractivity contribution in [2.45, 2.75) is 20.4 Å². The minimum atomic E-state index is 0.686. The van der Waals surface area contributed by atoms with E-state index in [0.29, 0.717) is 5.92 Å². The molecule has 0 saturated carbocycles. The van der Waals surface area contributed by atoms with Crippen LogP contribution in [0.3, 0.4) is 0 Å². The topological polar surface area (TPSA) is 53.6 Å². The molecular weight excluding hydrogens is 140 g/mol. The highest BCUT2D eigenvalue weighted by molar-refractivity contribution is 4.88. The van der Waals surface area contributed by atoms with Crippen LogP contribution < -0.4 is 5.32 Å². The first-order chi connectivity index (χ1) is 5.29. The lowest BCUT2D eigenvalue weighted by Gasteiger charge is -2.04. The predicted octanol–water partition coefficient (Wildman–Crippen LogP) is 0.550. The summed E-state index contributed by atoms with van der Waals surface area (Å²) in [5, 5.41) is 13.3. The van der Waals surface area contributed by atoms with Gasteiger partial charge in [-0.2, -0.15) is 0 Å². The molecule has 2 N–H and O–H groups in total. The van der Waals surface area contributed by atoms with Crippen molar-refractivity contribution < 1.29 is 0 Å². The lowest BCUT2D eigenvalue weighted by atomic mass is 10.2. The molecule has 1 aromatic rings. The molecule has 0 amide bonds. The molecule has 1 heterocycles. The number of aromatic amines is 1. The van der Waals surface area contributed by atoms with Crippen LogP contribution in [-0.4, -0.2) is 22.0 Å². The third kappa shape index (κ3) is 3.13. The molecule has 4 heteroatoms. The zero-order chi connectivity index (χ0) is 8.10. The van der Waals surface area contributed by atoms with Crippen molar-refractivity contribution in [3.63, 3.8) is 0 Å². The second kappa shape index (κ2) is 4.08. The number of hydrogen-bond acceptors (Lipinski definition) is 3. The van der Waals surface area contributed by atoms with Crippen molar-refractivity contribution in [2.75, 3.05) is 6.54 Å². The monoisotopic (exact) mass is 154 g/mol. The Bertz CT molecular complexity index is 180. The highest BCUT2D eigenvalue weighted by atomic mass is 15.3. The van der Waals surface area contributed by atoms with Gasteiger partial charge in [-0.3, -0.25) is 5.10 Å². The van der Waals surface area contributed by atoms with Crippen LogP contribution in [0.25, 0.3) is 0 Å². The molecule has 0 aliphatic carbocycles. The Labute approximate surface area is 66.4 Å². The van der Waals surface area contributed by atoms with E-state index in [9.17, 15) is 0 Å². The maximum Gasteiger partial charge on any atom is 0.0735 e. The van der Waals surface area contributed by atoms with Gasteiger partial charge in [0.15, 0.2) is 0 Å². The smallest absolute Gasteiger partial charge is 0.0735 e. The normalized spacial score (nSPS) is 10.8. The minimum Gasteiger partial charge on any atom is -0.311 e. The highest BCUT2D eigenvalue weighted by Gasteiger charge is 1.95. The van der Waals surface area contributed by atoms with E-state index >= 15 is 0 Å².